The van der Waals surface area contributed by atoms with E-state index >= 15 is 0 Å². The number of aromatic carboxylic acids is 1. The minimum absolute atomic E-state index is 0.120. The fourth-order valence-electron chi connectivity index (χ4n) is 3.45. The van der Waals surface area contributed by atoms with E-state index in [0.717, 1.165) is 0 Å². The molecule has 35 heavy (non-hydrogen) atoms. The lowest BCUT2D eigenvalue weighted by molar-refractivity contribution is 0.0697. The van der Waals surface area contributed by atoms with Crippen LogP contribution < -0.4 is 16.4 Å². The van der Waals surface area contributed by atoms with Gasteiger partial charge in [-0.15, -0.1) is 0 Å². The molecule has 9 heteroatoms. The zero-order chi connectivity index (χ0) is 25.7. The molecule has 0 bridgehead atoms. The Kier molecular flexibility index (Phi) is 7.50. The monoisotopic (exact) mass is 474 g/mol. The third-order valence-corrected chi connectivity index (χ3v) is 5.19. The summed E-state index contributed by atoms with van der Waals surface area (Å²) in [5, 5.41) is 32.7. The van der Waals surface area contributed by atoms with Crippen molar-refractivity contribution in [2.75, 3.05) is 11.9 Å². The van der Waals surface area contributed by atoms with Crippen molar-refractivity contribution in [2.45, 2.75) is 13.8 Å². The molecule has 0 aliphatic rings. The van der Waals surface area contributed by atoms with Gasteiger partial charge >= 0.3 is 5.97 Å². The van der Waals surface area contributed by atoms with E-state index in [4.69, 9.17) is 11.1 Å². The Morgan fingerprint density at radius 3 is 2.23 bits per heavy atom. The Balaban J connectivity index is 1.96. The number of carbonyl (C=O) groups is 3. The molecule has 7 N–H and O–H groups in total. The maximum atomic E-state index is 13.1. The van der Waals surface area contributed by atoms with E-state index in [1.165, 1.54) is 36.4 Å². The van der Waals surface area contributed by atoms with Gasteiger partial charge in [-0.2, -0.15) is 0 Å². The Bertz CT molecular complexity index is 1320. The molecule has 180 valence electrons. The average molecular weight is 475 g/mol. The van der Waals surface area contributed by atoms with Crippen molar-refractivity contribution in [3.05, 3.63) is 82.9 Å². The Morgan fingerprint density at radius 1 is 0.914 bits per heavy atom. The Morgan fingerprint density at radius 2 is 1.60 bits per heavy atom. The van der Waals surface area contributed by atoms with Crippen LogP contribution in [0.25, 0.3) is 11.1 Å². The van der Waals surface area contributed by atoms with Crippen molar-refractivity contribution >= 4 is 29.3 Å². The quantitative estimate of drug-likeness (QED) is 0.215. The van der Waals surface area contributed by atoms with E-state index in [2.05, 4.69) is 10.6 Å². The number of nitrogens with two attached hydrogens (primary N) is 1. The van der Waals surface area contributed by atoms with Gasteiger partial charge < -0.3 is 26.6 Å². The Hall–Kier alpha value is -4.66. The van der Waals surface area contributed by atoms with Gasteiger partial charge in [0.2, 0.25) is 0 Å². The van der Waals surface area contributed by atoms with Crippen molar-refractivity contribution in [3.8, 4) is 16.9 Å². The minimum Gasteiger partial charge on any atom is -0.507 e. The molecule has 0 fully saturated rings. The maximum Gasteiger partial charge on any atom is 0.336 e. The number of phenolic OH excluding ortho intramolecular Hbond substituents is 1. The smallest absolute Gasteiger partial charge is 0.336 e. The van der Waals surface area contributed by atoms with Gasteiger partial charge in [0.25, 0.3) is 11.8 Å². The van der Waals surface area contributed by atoms with Crippen LogP contribution in [0.1, 0.15) is 50.5 Å². The van der Waals surface area contributed by atoms with E-state index < -0.39 is 11.9 Å². The van der Waals surface area contributed by atoms with Crippen molar-refractivity contribution in [2.24, 2.45) is 11.7 Å². The fraction of sp³-hybridized carbons (Fsp3) is 0.154. The molecule has 0 radical (unpaired) electrons. The number of hydrogen-bond acceptors (Lipinski definition) is 5. The molecule has 0 aromatic heterocycles. The zero-order valence-electron chi connectivity index (χ0n) is 19.3. The normalized spacial score (nSPS) is 10.6. The summed E-state index contributed by atoms with van der Waals surface area (Å²) >= 11 is 0. The number of rotatable bonds is 8. The summed E-state index contributed by atoms with van der Waals surface area (Å²) in [5.74, 6) is -2.49. The molecule has 0 aliphatic heterocycles. The lowest BCUT2D eigenvalue weighted by atomic mass is 9.93. The SMILES string of the molecule is CC(C)CNC(=O)c1ccc(-c2ccccc2C(=O)Nc2ccc(C(=N)N)c(O)c2)c(C(=O)O)c1. The van der Waals surface area contributed by atoms with Crippen LogP contribution in [0.4, 0.5) is 5.69 Å². The van der Waals surface area contributed by atoms with Crippen LogP contribution in [0.5, 0.6) is 5.75 Å². The summed E-state index contributed by atoms with van der Waals surface area (Å²) in [6.45, 7) is 4.36. The van der Waals surface area contributed by atoms with Crippen LogP contribution >= 0.6 is 0 Å². The number of carbonyl (C=O) groups excluding carboxylic acids is 2. The molecule has 0 atom stereocenters. The molecule has 0 spiro atoms. The number of nitrogen functional groups attached to an aromatic ring is 1. The highest BCUT2D eigenvalue weighted by Crippen LogP contribution is 2.30. The number of aromatic hydroxyl groups is 1. The minimum atomic E-state index is -1.24. The largest absolute Gasteiger partial charge is 0.507 e. The van der Waals surface area contributed by atoms with E-state index in [1.807, 2.05) is 13.8 Å². The van der Waals surface area contributed by atoms with Gasteiger partial charge in [0.15, 0.2) is 0 Å². The van der Waals surface area contributed by atoms with Crippen LogP contribution in [0.15, 0.2) is 60.7 Å². The second-order valence-electron chi connectivity index (χ2n) is 8.31. The molecule has 2 amide bonds. The number of phenols is 1. The molecule has 3 aromatic carbocycles. The van der Waals surface area contributed by atoms with Crippen molar-refractivity contribution in [3.63, 3.8) is 0 Å². The van der Waals surface area contributed by atoms with Gasteiger partial charge in [0.05, 0.1) is 11.1 Å². The Labute approximate surface area is 202 Å². The van der Waals surface area contributed by atoms with E-state index in [9.17, 15) is 24.6 Å². The first-order valence-corrected chi connectivity index (χ1v) is 10.8. The number of nitrogens with one attached hydrogen (secondary N) is 3. The molecule has 3 rings (SSSR count). The molecule has 0 aliphatic carbocycles. The van der Waals surface area contributed by atoms with Crippen LogP contribution in [0.2, 0.25) is 0 Å². The summed E-state index contributed by atoms with van der Waals surface area (Å²) in [6, 6.07) is 15.0. The molecule has 0 saturated carbocycles. The number of amidine groups is 1. The lowest BCUT2D eigenvalue weighted by Crippen LogP contribution is -2.27. The molecular weight excluding hydrogens is 448 g/mol. The first-order chi connectivity index (χ1) is 16.6. The zero-order valence-corrected chi connectivity index (χ0v) is 19.3. The van der Waals surface area contributed by atoms with Crippen LogP contribution in [0.3, 0.4) is 0 Å². The number of anilines is 1. The predicted molar refractivity (Wildman–Crippen MR) is 133 cm³/mol. The average Bonchev–Trinajstić information content (AvgIpc) is 2.81. The topological polar surface area (TPSA) is 166 Å². The summed E-state index contributed by atoms with van der Waals surface area (Å²) in [5.41, 5.74) is 6.72. The standard InChI is InChI=1S/C26H26N4O5/c1-14(2)13-29-24(32)15-7-9-18(21(11-15)26(34)35)17-5-3-4-6-19(17)25(33)30-16-8-10-20(23(27)28)22(31)12-16/h3-12,14,31H,13H2,1-2H3,(H3,27,28)(H,29,32)(H,30,33)(H,34,35). The number of carboxylic acids is 1. The van der Waals surface area contributed by atoms with Crippen molar-refractivity contribution in [1.29, 1.82) is 5.41 Å². The second kappa shape index (κ2) is 10.5. The lowest BCUT2D eigenvalue weighted by Gasteiger charge is -2.14. The summed E-state index contributed by atoms with van der Waals surface area (Å²) in [6.07, 6.45) is 0. The van der Waals surface area contributed by atoms with Gasteiger partial charge in [-0.05, 0) is 47.4 Å². The van der Waals surface area contributed by atoms with Crippen LogP contribution in [0, 0.1) is 11.3 Å². The first-order valence-electron chi connectivity index (χ1n) is 10.8. The predicted octanol–water partition coefficient (Wildman–Crippen LogP) is 3.68. The third-order valence-electron chi connectivity index (χ3n) is 5.19. The molecule has 0 saturated heterocycles. The van der Waals surface area contributed by atoms with Crippen LogP contribution in [-0.4, -0.2) is 40.4 Å². The highest BCUT2D eigenvalue weighted by atomic mass is 16.4. The van der Waals surface area contributed by atoms with E-state index in [1.54, 1.807) is 24.3 Å². The number of benzene rings is 3. The van der Waals surface area contributed by atoms with Gasteiger partial charge in [-0.3, -0.25) is 15.0 Å². The van der Waals surface area contributed by atoms with Gasteiger partial charge in [0.1, 0.15) is 11.6 Å². The fourth-order valence-corrected chi connectivity index (χ4v) is 3.45. The number of carboxylic acid groups (broad SMARTS) is 1. The second-order valence-corrected chi connectivity index (χ2v) is 8.31. The van der Waals surface area contributed by atoms with Crippen LogP contribution in [-0.2, 0) is 0 Å². The van der Waals surface area contributed by atoms with E-state index in [-0.39, 0.29) is 56.9 Å². The van der Waals surface area contributed by atoms with Crippen molar-refractivity contribution < 1.29 is 24.6 Å². The molecule has 0 unspecified atom stereocenters. The number of hydrogen-bond donors (Lipinski definition) is 6. The van der Waals surface area contributed by atoms with Crippen molar-refractivity contribution in [1.82, 2.24) is 5.32 Å². The molecule has 3 aromatic rings. The molecular formula is C26H26N4O5. The summed E-state index contributed by atoms with van der Waals surface area (Å²) in [7, 11) is 0. The van der Waals surface area contributed by atoms with Gasteiger partial charge in [-0.1, -0.05) is 38.1 Å². The summed E-state index contributed by atoms with van der Waals surface area (Å²) in [4.78, 5) is 37.6. The molecule has 9 nitrogen and oxygen atoms in total. The summed E-state index contributed by atoms with van der Waals surface area (Å²) < 4.78 is 0. The highest BCUT2D eigenvalue weighted by molar-refractivity contribution is 6.11. The maximum absolute atomic E-state index is 13.1. The first kappa shape index (κ1) is 25.0. The van der Waals surface area contributed by atoms with E-state index in [0.29, 0.717) is 12.1 Å². The van der Waals surface area contributed by atoms with Gasteiger partial charge in [0, 0.05) is 29.4 Å². The number of amides is 2. The molecule has 0 heterocycles. The highest BCUT2D eigenvalue weighted by Gasteiger charge is 2.20. The third kappa shape index (κ3) is 5.83. The van der Waals surface area contributed by atoms with Gasteiger partial charge in [-0.25, -0.2) is 4.79 Å².